The van der Waals surface area contributed by atoms with Gasteiger partial charge >= 0.3 is 0 Å². The number of aromatic nitrogens is 2. The van der Waals surface area contributed by atoms with Crippen LogP contribution in [0.15, 0.2) is 23.8 Å². The van der Waals surface area contributed by atoms with Gasteiger partial charge in [-0.15, -0.1) is 11.3 Å². The van der Waals surface area contributed by atoms with E-state index in [-0.39, 0.29) is 0 Å². The fourth-order valence-corrected chi connectivity index (χ4v) is 2.70. The largest absolute Gasteiger partial charge is 0.311 e. The maximum absolute atomic E-state index is 4.69. The molecular weight excluding hydrogens is 242 g/mol. The predicted octanol–water partition coefficient (Wildman–Crippen LogP) is 3.27. The van der Waals surface area contributed by atoms with Crippen molar-refractivity contribution in [2.75, 3.05) is 6.54 Å². The standard InChI is InChI=1S/C14H19N3S/c1-3-6-15-9-12-10-18-14(17-12)13-5-7-16-8-11(13)4-2/h5,7-8,10,15H,3-4,6,9H2,1-2H3. The van der Waals surface area contributed by atoms with Crippen LogP contribution in [0.1, 0.15) is 31.5 Å². The molecule has 0 bridgehead atoms. The molecule has 0 radical (unpaired) electrons. The molecule has 0 fully saturated rings. The van der Waals surface area contributed by atoms with Crippen LogP contribution in [0.25, 0.3) is 10.6 Å². The van der Waals surface area contributed by atoms with Crippen LogP contribution in [0.4, 0.5) is 0 Å². The molecule has 0 aliphatic rings. The minimum atomic E-state index is 0.858. The van der Waals surface area contributed by atoms with E-state index in [9.17, 15) is 0 Å². The Bertz CT molecular complexity index is 493. The van der Waals surface area contributed by atoms with Crippen LogP contribution in [0, 0.1) is 0 Å². The summed E-state index contributed by atoms with van der Waals surface area (Å²) >= 11 is 1.71. The van der Waals surface area contributed by atoms with E-state index in [0.29, 0.717) is 0 Å². The molecule has 0 spiro atoms. The van der Waals surface area contributed by atoms with Crippen LogP contribution >= 0.6 is 11.3 Å². The highest BCUT2D eigenvalue weighted by Gasteiger charge is 2.08. The van der Waals surface area contributed by atoms with Gasteiger partial charge in [-0.05, 0) is 31.0 Å². The summed E-state index contributed by atoms with van der Waals surface area (Å²) in [7, 11) is 0. The Hall–Kier alpha value is -1.26. The van der Waals surface area contributed by atoms with E-state index in [2.05, 4.69) is 40.6 Å². The van der Waals surface area contributed by atoms with Crippen LogP contribution in [-0.2, 0) is 13.0 Å². The lowest BCUT2D eigenvalue weighted by Crippen LogP contribution is -2.13. The van der Waals surface area contributed by atoms with Crippen molar-refractivity contribution in [2.45, 2.75) is 33.2 Å². The zero-order valence-electron chi connectivity index (χ0n) is 10.9. The topological polar surface area (TPSA) is 37.8 Å². The van der Waals surface area contributed by atoms with Crippen LogP contribution in [0.3, 0.4) is 0 Å². The summed E-state index contributed by atoms with van der Waals surface area (Å²) in [4.78, 5) is 8.86. The third-order valence-corrected chi connectivity index (χ3v) is 3.72. The maximum atomic E-state index is 4.69. The molecule has 0 aliphatic carbocycles. The number of thiazole rings is 1. The first kappa shape index (κ1) is 13.2. The third kappa shape index (κ3) is 3.15. The summed E-state index contributed by atoms with van der Waals surface area (Å²) in [6, 6.07) is 2.06. The highest BCUT2D eigenvalue weighted by Crippen LogP contribution is 2.26. The lowest BCUT2D eigenvalue weighted by Gasteiger charge is -2.03. The van der Waals surface area contributed by atoms with Gasteiger partial charge in [0, 0.05) is 29.9 Å². The first-order valence-electron chi connectivity index (χ1n) is 6.43. The fraction of sp³-hybridized carbons (Fsp3) is 0.429. The van der Waals surface area contributed by atoms with Crippen molar-refractivity contribution in [2.24, 2.45) is 0 Å². The highest BCUT2D eigenvalue weighted by atomic mass is 32.1. The van der Waals surface area contributed by atoms with Gasteiger partial charge in [0.2, 0.25) is 0 Å². The normalized spacial score (nSPS) is 10.8. The van der Waals surface area contributed by atoms with Gasteiger partial charge in [-0.25, -0.2) is 4.98 Å². The van der Waals surface area contributed by atoms with Crippen LogP contribution in [0.2, 0.25) is 0 Å². The number of nitrogens with zero attached hydrogens (tertiary/aromatic N) is 2. The van der Waals surface area contributed by atoms with Crippen LogP contribution < -0.4 is 5.32 Å². The summed E-state index contributed by atoms with van der Waals surface area (Å²) in [5, 5.41) is 6.61. The second kappa shape index (κ2) is 6.61. The number of nitrogens with one attached hydrogen (secondary N) is 1. The first-order valence-corrected chi connectivity index (χ1v) is 7.31. The molecule has 2 aromatic heterocycles. The molecular formula is C14H19N3S. The van der Waals surface area contributed by atoms with E-state index in [4.69, 9.17) is 0 Å². The van der Waals surface area contributed by atoms with Crippen molar-refractivity contribution in [1.29, 1.82) is 0 Å². The van der Waals surface area contributed by atoms with E-state index in [1.54, 1.807) is 11.3 Å². The van der Waals surface area contributed by atoms with E-state index in [0.717, 1.165) is 36.6 Å². The summed E-state index contributed by atoms with van der Waals surface area (Å²) in [6.07, 6.45) is 5.92. The van der Waals surface area contributed by atoms with Gasteiger partial charge in [0.25, 0.3) is 0 Å². The molecule has 4 heteroatoms. The molecule has 96 valence electrons. The van der Waals surface area contributed by atoms with Gasteiger partial charge in [-0.3, -0.25) is 4.98 Å². The van der Waals surface area contributed by atoms with Crippen molar-refractivity contribution < 1.29 is 0 Å². The molecule has 0 atom stereocenters. The van der Waals surface area contributed by atoms with E-state index in [1.165, 1.54) is 11.1 Å². The quantitative estimate of drug-likeness (QED) is 0.811. The molecule has 18 heavy (non-hydrogen) atoms. The van der Waals surface area contributed by atoms with Gasteiger partial charge in [0.15, 0.2) is 0 Å². The lowest BCUT2D eigenvalue weighted by atomic mass is 10.1. The average molecular weight is 261 g/mol. The number of aryl methyl sites for hydroxylation is 1. The van der Waals surface area contributed by atoms with Crippen LogP contribution in [-0.4, -0.2) is 16.5 Å². The van der Waals surface area contributed by atoms with Gasteiger partial charge in [0.05, 0.1) is 5.69 Å². The second-order valence-electron chi connectivity index (χ2n) is 4.21. The molecule has 2 aromatic rings. The Morgan fingerprint density at radius 2 is 2.22 bits per heavy atom. The number of rotatable bonds is 6. The second-order valence-corrected chi connectivity index (χ2v) is 5.07. The van der Waals surface area contributed by atoms with Gasteiger partial charge in [0.1, 0.15) is 5.01 Å². The Balaban J connectivity index is 2.13. The number of pyridine rings is 1. The molecule has 1 N–H and O–H groups in total. The zero-order chi connectivity index (χ0) is 12.8. The van der Waals surface area contributed by atoms with Crippen molar-refractivity contribution in [3.05, 3.63) is 35.1 Å². The Kier molecular flexibility index (Phi) is 4.84. The maximum Gasteiger partial charge on any atom is 0.124 e. The first-order chi connectivity index (χ1) is 8.85. The molecule has 2 heterocycles. The van der Waals surface area contributed by atoms with Crippen LogP contribution in [0.5, 0.6) is 0 Å². The van der Waals surface area contributed by atoms with Crippen molar-refractivity contribution in [3.63, 3.8) is 0 Å². The highest BCUT2D eigenvalue weighted by molar-refractivity contribution is 7.13. The van der Waals surface area contributed by atoms with E-state index in [1.807, 2.05) is 12.4 Å². The third-order valence-electron chi connectivity index (χ3n) is 2.80. The van der Waals surface area contributed by atoms with E-state index >= 15 is 0 Å². The van der Waals surface area contributed by atoms with Gasteiger partial charge in [-0.2, -0.15) is 0 Å². The average Bonchev–Trinajstić information content (AvgIpc) is 2.88. The van der Waals surface area contributed by atoms with Gasteiger partial charge in [-0.1, -0.05) is 13.8 Å². The smallest absolute Gasteiger partial charge is 0.124 e. The Labute approximate surface area is 112 Å². The Morgan fingerprint density at radius 1 is 1.33 bits per heavy atom. The number of hydrogen-bond acceptors (Lipinski definition) is 4. The molecule has 0 saturated carbocycles. The van der Waals surface area contributed by atoms with Crippen molar-refractivity contribution >= 4 is 11.3 Å². The van der Waals surface area contributed by atoms with Crippen molar-refractivity contribution in [3.8, 4) is 10.6 Å². The fourth-order valence-electron chi connectivity index (χ4n) is 1.82. The molecule has 0 amide bonds. The minimum Gasteiger partial charge on any atom is -0.311 e. The van der Waals surface area contributed by atoms with Gasteiger partial charge < -0.3 is 5.32 Å². The Morgan fingerprint density at radius 3 is 3.00 bits per heavy atom. The summed E-state index contributed by atoms with van der Waals surface area (Å²) in [6.45, 7) is 6.22. The van der Waals surface area contributed by atoms with Crippen molar-refractivity contribution in [1.82, 2.24) is 15.3 Å². The van der Waals surface area contributed by atoms with E-state index < -0.39 is 0 Å². The molecule has 0 unspecified atom stereocenters. The minimum absolute atomic E-state index is 0.858. The molecule has 0 aromatic carbocycles. The predicted molar refractivity (Wildman–Crippen MR) is 76.7 cm³/mol. The summed E-state index contributed by atoms with van der Waals surface area (Å²) in [5.74, 6) is 0. The monoisotopic (exact) mass is 261 g/mol. The number of hydrogen-bond donors (Lipinski definition) is 1. The molecule has 2 rings (SSSR count). The summed E-state index contributed by atoms with van der Waals surface area (Å²) in [5.41, 5.74) is 3.61. The SMILES string of the molecule is CCCNCc1csc(-c2ccncc2CC)n1. The molecule has 0 saturated heterocycles. The molecule has 0 aliphatic heterocycles. The summed E-state index contributed by atoms with van der Waals surface area (Å²) < 4.78 is 0. The lowest BCUT2D eigenvalue weighted by molar-refractivity contribution is 0.667. The molecule has 3 nitrogen and oxygen atoms in total. The zero-order valence-corrected chi connectivity index (χ0v) is 11.8.